The summed E-state index contributed by atoms with van der Waals surface area (Å²) in [4.78, 5) is 2.54. The van der Waals surface area contributed by atoms with Gasteiger partial charge in [-0.2, -0.15) is 11.8 Å². The molecule has 1 saturated heterocycles. The molecule has 2 aliphatic rings. The van der Waals surface area contributed by atoms with Gasteiger partial charge in [-0.25, -0.2) is 0 Å². The Hall–Kier alpha value is -0.550. The Labute approximate surface area is 120 Å². The van der Waals surface area contributed by atoms with Crippen molar-refractivity contribution in [2.45, 2.75) is 57.4 Å². The number of aromatic nitrogens is 3. The molecule has 0 unspecified atom stereocenters. The fourth-order valence-corrected chi connectivity index (χ4v) is 4.29. The molecule has 0 spiro atoms. The summed E-state index contributed by atoms with van der Waals surface area (Å²) in [7, 11) is 0. The van der Waals surface area contributed by atoms with E-state index in [1.54, 1.807) is 0 Å². The van der Waals surface area contributed by atoms with Crippen molar-refractivity contribution in [3.05, 3.63) is 11.6 Å². The number of nitrogens with zero attached hydrogens (tertiary/aromatic N) is 4. The van der Waals surface area contributed by atoms with Crippen molar-refractivity contribution < 1.29 is 0 Å². The average Bonchev–Trinajstić information content (AvgIpc) is 2.59. The van der Waals surface area contributed by atoms with Crippen LogP contribution >= 0.6 is 11.8 Å². The second-order valence-electron chi connectivity index (χ2n) is 6.31. The lowest BCUT2D eigenvalue weighted by Gasteiger charge is -2.37. The van der Waals surface area contributed by atoms with Crippen LogP contribution in [0.5, 0.6) is 0 Å². The fraction of sp³-hybridized carbons (Fsp3) is 0.857. The maximum atomic E-state index is 4.45. The van der Waals surface area contributed by atoms with Crippen molar-refractivity contribution >= 4 is 11.8 Å². The summed E-state index contributed by atoms with van der Waals surface area (Å²) in [5.74, 6) is 3.62. The molecule has 0 N–H and O–H groups in total. The van der Waals surface area contributed by atoms with Gasteiger partial charge in [0.25, 0.3) is 0 Å². The summed E-state index contributed by atoms with van der Waals surface area (Å²) >= 11 is 2.08. The minimum absolute atomic E-state index is 0.375. The molecule has 1 aromatic rings. The van der Waals surface area contributed by atoms with E-state index in [0.717, 1.165) is 26.1 Å². The second kappa shape index (κ2) is 5.44. The maximum Gasteiger partial charge on any atom is 0.147 e. The maximum absolute atomic E-state index is 4.45. The molecule has 2 aliphatic heterocycles. The van der Waals surface area contributed by atoms with Crippen molar-refractivity contribution in [1.29, 1.82) is 0 Å². The average molecular weight is 280 g/mol. The summed E-state index contributed by atoms with van der Waals surface area (Å²) in [5, 5.41) is 8.85. The van der Waals surface area contributed by atoms with Gasteiger partial charge in [-0.15, -0.1) is 10.2 Å². The van der Waals surface area contributed by atoms with Crippen molar-refractivity contribution in [2.75, 3.05) is 18.8 Å². The molecular formula is C14H24N4S. The van der Waals surface area contributed by atoms with E-state index in [9.17, 15) is 0 Å². The fourth-order valence-electron chi connectivity index (χ4n) is 3.11. The monoisotopic (exact) mass is 280 g/mol. The molecule has 0 saturated carbocycles. The standard InChI is InChI=1S/C14H24N4S/c1-14(2)11-17(8-9-19-14)10-13-16-15-12-6-4-3-5-7-18(12)13/h3-11H2,1-2H3. The Balaban J connectivity index is 1.71. The first kappa shape index (κ1) is 13.4. The highest BCUT2D eigenvalue weighted by atomic mass is 32.2. The van der Waals surface area contributed by atoms with E-state index >= 15 is 0 Å². The number of thioether (sulfide) groups is 1. The van der Waals surface area contributed by atoms with Crippen molar-refractivity contribution in [2.24, 2.45) is 0 Å². The summed E-state index contributed by atoms with van der Waals surface area (Å²) in [6.07, 6.45) is 4.98. The first-order valence-electron chi connectivity index (χ1n) is 7.41. The van der Waals surface area contributed by atoms with Crippen molar-refractivity contribution in [3.63, 3.8) is 0 Å². The van der Waals surface area contributed by atoms with Gasteiger partial charge in [-0.3, -0.25) is 4.90 Å². The third kappa shape index (κ3) is 3.14. The van der Waals surface area contributed by atoms with E-state index in [1.165, 1.54) is 43.2 Å². The molecule has 1 aromatic heterocycles. The van der Waals surface area contributed by atoms with Crippen LogP contribution in [0.1, 0.15) is 44.8 Å². The van der Waals surface area contributed by atoms with Gasteiger partial charge >= 0.3 is 0 Å². The van der Waals surface area contributed by atoms with E-state index < -0.39 is 0 Å². The van der Waals surface area contributed by atoms with E-state index in [1.807, 2.05) is 0 Å². The van der Waals surface area contributed by atoms with Crippen LogP contribution in [0.25, 0.3) is 0 Å². The van der Waals surface area contributed by atoms with Crippen LogP contribution < -0.4 is 0 Å². The van der Waals surface area contributed by atoms with Gasteiger partial charge in [-0.05, 0) is 26.7 Å². The zero-order valence-electron chi connectivity index (χ0n) is 12.1. The normalized spacial score (nSPS) is 23.9. The molecule has 1 fully saturated rings. The molecular weight excluding hydrogens is 256 g/mol. The Morgan fingerprint density at radius 3 is 2.89 bits per heavy atom. The Kier molecular flexibility index (Phi) is 3.85. The van der Waals surface area contributed by atoms with Crippen LogP contribution in [0.2, 0.25) is 0 Å². The Bertz CT molecular complexity index is 441. The van der Waals surface area contributed by atoms with Gasteiger partial charge in [0.2, 0.25) is 0 Å². The predicted molar refractivity (Wildman–Crippen MR) is 79.4 cm³/mol. The van der Waals surface area contributed by atoms with Crippen molar-refractivity contribution in [1.82, 2.24) is 19.7 Å². The van der Waals surface area contributed by atoms with Crippen LogP contribution in [0.15, 0.2) is 0 Å². The highest BCUT2D eigenvalue weighted by Gasteiger charge is 2.28. The highest BCUT2D eigenvalue weighted by Crippen LogP contribution is 2.30. The zero-order chi connectivity index (χ0) is 13.3. The number of rotatable bonds is 2. The summed E-state index contributed by atoms with van der Waals surface area (Å²) < 4.78 is 2.75. The van der Waals surface area contributed by atoms with E-state index in [4.69, 9.17) is 0 Å². The van der Waals surface area contributed by atoms with Gasteiger partial charge < -0.3 is 4.57 Å². The number of fused-ring (bicyclic) bond motifs is 1. The lowest BCUT2D eigenvalue weighted by molar-refractivity contribution is 0.242. The summed E-state index contributed by atoms with van der Waals surface area (Å²) in [6.45, 7) is 9.10. The first-order chi connectivity index (χ1) is 9.14. The highest BCUT2D eigenvalue weighted by molar-refractivity contribution is 8.00. The number of hydrogen-bond donors (Lipinski definition) is 0. The minimum Gasteiger partial charge on any atom is -0.314 e. The van der Waals surface area contributed by atoms with Crippen molar-refractivity contribution in [3.8, 4) is 0 Å². The van der Waals surface area contributed by atoms with E-state index in [0.29, 0.717) is 4.75 Å². The van der Waals surface area contributed by atoms with E-state index in [2.05, 4.69) is 45.3 Å². The number of hydrogen-bond acceptors (Lipinski definition) is 4. The molecule has 19 heavy (non-hydrogen) atoms. The molecule has 0 aromatic carbocycles. The van der Waals surface area contributed by atoms with Crippen LogP contribution in [-0.2, 0) is 19.5 Å². The molecule has 4 nitrogen and oxygen atoms in total. The SMILES string of the molecule is CC1(C)CN(Cc2nnc3n2CCCCC3)CCS1. The predicted octanol–water partition coefficient (Wildman–Crippen LogP) is 2.33. The smallest absolute Gasteiger partial charge is 0.147 e. The summed E-state index contributed by atoms with van der Waals surface area (Å²) in [6, 6.07) is 0. The molecule has 5 heteroatoms. The largest absolute Gasteiger partial charge is 0.314 e. The molecule has 3 rings (SSSR count). The van der Waals surface area contributed by atoms with Crippen LogP contribution in [0, 0.1) is 0 Å². The van der Waals surface area contributed by atoms with E-state index in [-0.39, 0.29) is 0 Å². The first-order valence-corrected chi connectivity index (χ1v) is 8.40. The molecule has 106 valence electrons. The molecule has 0 radical (unpaired) electrons. The molecule has 0 bridgehead atoms. The molecule has 0 aliphatic carbocycles. The van der Waals surface area contributed by atoms with Crippen LogP contribution in [-0.4, -0.2) is 43.3 Å². The van der Waals surface area contributed by atoms with Crippen LogP contribution in [0.4, 0.5) is 0 Å². The third-order valence-electron chi connectivity index (χ3n) is 4.06. The van der Waals surface area contributed by atoms with Gasteiger partial charge in [-0.1, -0.05) is 6.42 Å². The minimum atomic E-state index is 0.375. The topological polar surface area (TPSA) is 34.0 Å². The van der Waals surface area contributed by atoms with Gasteiger partial charge in [0.1, 0.15) is 11.6 Å². The quantitative estimate of drug-likeness (QED) is 0.832. The lowest BCUT2D eigenvalue weighted by atomic mass is 10.2. The summed E-state index contributed by atoms with van der Waals surface area (Å²) in [5.41, 5.74) is 0. The van der Waals surface area contributed by atoms with Crippen LogP contribution in [0.3, 0.4) is 0 Å². The van der Waals surface area contributed by atoms with Gasteiger partial charge in [0, 0.05) is 36.6 Å². The molecule has 0 atom stereocenters. The zero-order valence-corrected chi connectivity index (χ0v) is 12.9. The molecule has 3 heterocycles. The Morgan fingerprint density at radius 1 is 1.16 bits per heavy atom. The van der Waals surface area contributed by atoms with Gasteiger partial charge in [0.15, 0.2) is 0 Å². The third-order valence-corrected chi connectivity index (χ3v) is 5.35. The van der Waals surface area contributed by atoms with Gasteiger partial charge in [0.05, 0.1) is 6.54 Å². The second-order valence-corrected chi connectivity index (χ2v) is 8.12. The lowest BCUT2D eigenvalue weighted by Crippen LogP contribution is -2.43. The molecule has 0 amide bonds. The number of aryl methyl sites for hydroxylation is 1. The Morgan fingerprint density at radius 2 is 2.05 bits per heavy atom.